The van der Waals surface area contributed by atoms with Crippen LogP contribution in [0.15, 0.2) is 12.3 Å². The summed E-state index contributed by atoms with van der Waals surface area (Å²) in [5, 5.41) is 5.77. The molecule has 1 aliphatic heterocycles. The molecule has 2 heterocycles. The van der Waals surface area contributed by atoms with E-state index < -0.39 is 0 Å². The monoisotopic (exact) mass is 212 g/mol. The standard InChI is InChI=1S/C8H9ClN4O/c9-8-11-4-2-6(13-8)12-7(14)5-1-3-10-5/h2,4-5,10H,1,3H2,(H,11,12,13,14). The van der Waals surface area contributed by atoms with Crippen molar-refractivity contribution >= 4 is 23.3 Å². The molecule has 1 aromatic rings. The fraction of sp³-hybridized carbons (Fsp3) is 0.375. The summed E-state index contributed by atoms with van der Waals surface area (Å²) >= 11 is 5.57. The van der Waals surface area contributed by atoms with Gasteiger partial charge in [0.2, 0.25) is 11.2 Å². The Morgan fingerprint density at radius 1 is 1.71 bits per heavy atom. The van der Waals surface area contributed by atoms with Gasteiger partial charge in [0.1, 0.15) is 5.82 Å². The molecule has 1 aliphatic rings. The molecule has 1 amide bonds. The van der Waals surface area contributed by atoms with E-state index >= 15 is 0 Å². The molecule has 6 heteroatoms. The number of rotatable bonds is 2. The van der Waals surface area contributed by atoms with Gasteiger partial charge in [-0.3, -0.25) is 4.79 Å². The van der Waals surface area contributed by atoms with Crippen molar-refractivity contribution in [2.24, 2.45) is 0 Å². The average Bonchev–Trinajstić information content (AvgIpc) is 1.99. The second-order valence-corrected chi connectivity index (χ2v) is 3.33. The van der Waals surface area contributed by atoms with Gasteiger partial charge in [-0.05, 0) is 30.6 Å². The van der Waals surface area contributed by atoms with Crippen LogP contribution in [0.2, 0.25) is 5.28 Å². The number of carbonyl (C=O) groups excluding carboxylic acids is 1. The number of amides is 1. The van der Waals surface area contributed by atoms with Gasteiger partial charge in [-0.15, -0.1) is 0 Å². The molecule has 0 saturated carbocycles. The predicted octanol–water partition coefficient (Wildman–Crippen LogP) is 0.430. The Balaban J connectivity index is 1.99. The number of nitrogens with one attached hydrogen (secondary N) is 2. The van der Waals surface area contributed by atoms with Crippen LogP contribution in [0, 0.1) is 0 Å². The van der Waals surface area contributed by atoms with Gasteiger partial charge in [0.15, 0.2) is 0 Å². The molecule has 0 bridgehead atoms. The lowest BCUT2D eigenvalue weighted by atomic mass is 10.1. The molecular formula is C8H9ClN4O. The molecule has 2 rings (SSSR count). The number of anilines is 1. The summed E-state index contributed by atoms with van der Waals surface area (Å²) in [7, 11) is 0. The van der Waals surface area contributed by atoms with Crippen molar-refractivity contribution in [3.05, 3.63) is 17.5 Å². The van der Waals surface area contributed by atoms with E-state index in [2.05, 4.69) is 20.6 Å². The van der Waals surface area contributed by atoms with Gasteiger partial charge in [0.05, 0.1) is 6.04 Å². The van der Waals surface area contributed by atoms with Crippen LogP contribution in [-0.4, -0.2) is 28.5 Å². The van der Waals surface area contributed by atoms with Crippen molar-refractivity contribution in [3.8, 4) is 0 Å². The van der Waals surface area contributed by atoms with Crippen molar-refractivity contribution in [1.82, 2.24) is 15.3 Å². The molecule has 1 unspecified atom stereocenters. The van der Waals surface area contributed by atoms with Crippen LogP contribution < -0.4 is 10.6 Å². The maximum Gasteiger partial charge on any atom is 0.242 e. The third-order valence-corrected chi connectivity index (χ3v) is 2.20. The molecule has 0 spiro atoms. The smallest absolute Gasteiger partial charge is 0.242 e. The van der Waals surface area contributed by atoms with Gasteiger partial charge in [0.25, 0.3) is 0 Å². The van der Waals surface area contributed by atoms with Crippen LogP contribution in [-0.2, 0) is 4.79 Å². The molecule has 74 valence electrons. The van der Waals surface area contributed by atoms with E-state index in [1.54, 1.807) is 6.07 Å². The van der Waals surface area contributed by atoms with Crippen molar-refractivity contribution in [1.29, 1.82) is 0 Å². The Kier molecular flexibility index (Phi) is 2.60. The summed E-state index contributed by atoms with van der Waals surface area (Å²) in [6.45, 7) is 0.891. The maximum absolute atomic E-state index is 11.4. The largest absolute Gasteiger partial charge is 0.309 e. The Labute approximate surface area is 85.9 Å². The van der Waals surface area contributed by atoms with Crippen molar-refractivity contribution in [2.75, 3.05) is 11.9 Å². The van der Waals surface area contributed by atoms with Crippen molar-refractivity contribution in [2.45, 2.75) is 12.5 Å². The molecule has 5 nitrogen and oxygen atoms in total. The maximum atomic E-state index is 11.4. The van der Waals surface area contributed by atoms with Gasteiger partial charge >= 0.3 is 0 Å². The van der Waals surface area contributed by atoms with Crippen molar-refractivity contribution < 1.29 is 4.79 Å². The number of aromatic nitrogens is 2. The summed E-state index contributed by atoms with van der Waals surface area (Å²) in [5.74, 6) is 0.356. The van der Waals surface area contributed by atoms with E-state index in [9.17, 15) is 4.79 Å². The first-order valence-corrected chi connectivity index (χ1v) is 4.66. The highest BCUT2D eigenvalue weighted by molar-refractivity contribution is 6.28. The molecule has 14 heavy (non-hydrogen) atoms. The molecular weight excluding hydrogens is 204 g/mol. The second-order valence-electron chi connectivity index (χ2n) is 3.00. The van der Waals surface area contributed by atoms with E-state index in [4.69, 9.17) is 11.6 Å². The van der Waals surface area contributed by atoms with Crippen molar-refractivity contribution in [3.63, 3.8) is 0 Å². The summed E-state index contributed by atoms with van der Waals surface area (Å²) in [4.78, 5) is 19.0. The Morgan fingerprint density at radius 2 is 2.50 bits per heavy atom. The Morgan fingerprint density at radius 3 is 3.07 bits per heavy atom. The molecule has 0 aliphatic carbocycles. The summed E-state index contributed by atoms with van der Waals surface area (Å²) in [5.41, 5.74) is 0. The SMILES string of the molecule is O=C(Nc1ccnc(Cl)n1)C1CCN1. The molecule has 1 fully saturated rings. The van der Waals surface area contributed by atoms with E-state index in [0.717, 1.165) is 13.0 Å². The highest BCUT2D eigenvalue weighted by Gasteiger charge is 2.24. The summed E-state index contributed by atoms with van der Waals surface area (Å²) in [6.07, 6.45) is 2.36. The summed E-state index contributed by atoms with van der Waals surface area (Å²) < 4.78 is 0. The van der Waals surface area contributed by atoms with Gasteiger partial charge in [-0.1, -0.05) is 0 Å². The second kappa shape index (κ2) is 3.89. The summed E-state index contributed by atoms with van der Waals surface area (Å²) in [6, 6.07) is 1.51. The quantitative estimate of drug-likeness (QED) is 0.698. The molecule has 0 aromatic carbocycles. The van der Waals surface area contributed by atoms with Gasteiger partial charge in [0, 0.05) is 6.20 Å². The number of carbonyl (C=O) groups is 1. The molecule has 0 radical (unpaired) electrons. The zero-order valence-electron chi connectivity index (χ0n) is 7.33. The van der Waals surface area contributed by atoms with Gasteiger partial charge in [-0.2, -0.15) is 0 Å². The average molecular weight is 213 g/mol. The lowest BCUT2D eigenvalue weighted by Crippen LogP contribution is -2.50. The molecule has 1 aromatic heterocycles. The van der Waals surface area contributed by atoms with Crippen LogP contribution in [0.1, 0.15) is 6.42 Å². The Bertz CT molecular complexity index is 353. The number of hydrogen-bond acceptors (Lipinski definition) is 4. The van der Waals surface area contributed by atoms with Gasteiger partial charge in [-0.25, -0.2) is 9.97 Å². The zero-order valence-corrected chi connectivity index (χ0v) is 8.08. The van der Waals surface area contributed by atoms with E-state index in [-0.39, 0.29) is 17.2 Å². The fourth-order valence-corrected chi connectivity index (χ4v) is 1.28. The van der Waals surface area contributed by atoms with Crippen LogP contribution >= 0.6 is 11.6 Å². The topological polar surface area (TPSA) is 66.9 Å². The minimum absolute atomic E-state index is 0.0778. The van der Waals surface area contributed by atoms with E-state index in [0.29, 0.717) is 5.82 Å². The lowest BCUT2D eigenvalue weighted by Gasteiger charge is -2.25. The number of hydrogen-bond donors (Lipinski definition) is 2. The van der Waals surface area contributed by atoms with Gasteiger partial charge < -0.3 is 10.6 Å². The highest BCUT2D eigenvalue weighted by Crippen LogP contribution is 2.09. The van der Waals surface area contributed by atoms with Crippen LogP contribution in [0.4, 0.5) is 5.82 Å². The Hall–Kier alpha value is -1.20. The van der Waals surface area contributed by atoms with E-state index in [1.165, 1.54) is 6.20 Å². The normalized spacial score (nSPS) is 19.9. The van der Waals surface area contributed by atoms with E-state index in [1.807, 2.05) is 0 Å². The third-order valence-electron chi connectivity index (χ3n) is 2.02. The third kappa shape index (κ3) is 2.00. The fourth-order valence-electron chi connectivity index (χ4n) is 1.13. The highest BCUT2D eigenvalue weighted by atomic mass is 35.5. The van der Waals surface area contributed by atoms with Crippen LogP contribution in [0.25, 0.3) is 0 Å². The number of nitrogens with zero attached hydrogens (tertiary/aromatic N) is 2. The number of halogens is 1. The lowest BCUT2D eigenvalue weighted by molar-refractivity contribution is -0.119. The predicted molar refractivity (Wildman–Crippen MR) is 52.1 cm³/mol. The van der Waals surface area contributed by atoms with Crippen LogP contribution in [0.5, 0.6) is 0 Å². The minimum Gasteiger partial charge on any atom is -0.309 e. The molecule has 1 atom stereocenters. The first-order chi connectivity index (χ1) is 6.75. The minimum atomic E-state index is -0.0938. The first-order valence-electron chi connectivity index (χ1n) is 4.28. The molecule has 1 saturated heterocycles. The molecule has 2 N–H and O–H groups in total. The zero-order chi connectivity index (χ0) is 9.97. The van der Waals surface area contributed by atoms with Crippen LogP contribution in [0.3, 0.4) is 0 Å². The first kappa shape index (κ1) is 9.36.